The van der Waals surface area contributed by atoms with Crippen LogP contribution in [0.5, 0.6) is 0 Å². The maximum Gasteiger partial charge on any atom is 0.271 e. The summed E-state index contributed by atoms with van der Waals surface area (Å²) in [7, 11) is 0. The van der Waals surface area contributed by atoms with E-state index in [2.05, 4.69) is 30.7 Å². The second-order valence-corrected chi connectivity index (χ2v) is 7.78. The minimum absolute atomic E-state index is 0.135. The van der Waals surface area contributed by atoms with Gasteiger partial charge < -0.3 is 5.32 Å². The number of fused-ring (bicyclic) bond motifs is 1. The number of nitrogens with one attached hydrogen (secondary N) is 4. The van der Waals surface area contributed by atoms with E-state index in [1.54, 1.807) is 6.07 Å². The maximum atomic E-state index is 11.7. The highest BCUT2D eigenvalue weighted by atomic mass is 32.2. The second-order valence-electron chi connectivity index (χ2n) is 6.74. The third-order valence-electron chi connectivity index (χ3n) is 4.49. The standard InChI is InChI=1S/C21H17N7OS/c1-12-9-19(27-25-12)23-18-11-16(13-5-3-2-4-6-13)22-21(24-18)30-14-7-8-15-17(10-14)26-28-20(15)29/h2-11H,1H3,(H2,26,28,29)(H2,22,23,24,25,27). The molecule has 148 valence electrons. The van der Waals surface area contributed by atoms with Crippen molar-refractivity contribution in [3.05, 3.63) is 76.7 Å². The number of rotatable bonds is 5. The van der Waals surface area contributed by atoms with Gasteiger partial charge in [0.2, 0.25) is 0 Å². The maximum absolute atomic E-state index is 11.7. The Morgan fingerprint density at radius 1 is 0.933 bits per heavy atom. The molecule has 0 atom stereocenters. The molecule has 0 fully saturated rings. The van der Waals surface area contributed by atoms with E-state index in [1.165, 1.54) is 11.8 Å². The Kier molecular flexibility index (Phi) is 4.56. The molecule has 8 nitrogen and oxygen atoms in total. The Morgan fingerprint density at radius 2 is 1.80 bits per heavy atom. The minimum atomic E-state index is -0.135. The van der Waals surface area contributed by atoms with E-state index in [-0.39, 0.29) is 5.56 Å². The van der Waals surface area contributed by atoms with Gasteiger partial charge in [-0.2, -0.15) is 5.10 Å². The quantitative estimate of drug-likeness (QED) is 0.319. The molecule has 3 heterocycles. The van der Waals surface area contributed by atoms with Crippen LogP contribution in [0.3, 0.4) is 0 Å². The molecule has 5 rings (SSSR count). The van der Waals surface area contributed by atoms with Crippen LogP contribution in [0.2, 0.25) is 0 Å². The van der Waals surface area contributed by atoms with Crippen molar-refractivity contribution in [2.24, 2.45) is 0 Å². The molecule has 0 saturated carbocycles. The summed E-state index contributed by atoms with van der Waals surface area (Å²) >= 11 is 1.42. The van der Waals surface area contributed by atoms with E-state index in [1.807, 2.05) is 61.5 Å². The Bertz CT molecular complexity index is 1390. The Morgan fingerprint density at radius 3 is 2.60 bits per heavy atom. The van der Waals surface area contributed by atoms with Gasteiger partial charge in [0.15, 0.2) is 11.0 Å². The third-order valence-corrected chi connectivity index (χ3v) is 5.35. The number of anilines is 2. The first kappa shape index (κ1) is 18.2. The molecule has 0 aliphatic carbocycles. The first-order chi connectivity index (χ1) is 14.6. The first-order valence-corrected chi connectivity index (χ1v) is 10.1. The smallest absolute Gasteiger partial charge is 0.271 e. The molecule has 0 bridgehead atoms. The summed E-state index contributed by atoms with van der Waals surface area (Å²) in [6.45, 7) is 1.94. The van der Waals surface area contributed by atoms with Gasteiger partial charge in [-0.1, -0.05) is 30.3 Å². The van der Waals surface area contributed by atoms with Gasteiger partial charge >= 0.3 is 0 Å². The normalized spacial score (nSPS) is 11.1. The van der Waals surface area contributed by atoms with Crippen LogP contribution in [0.25, 0.3) is 22.2 Å². The van der Waals surface area contributed by atoms with Crippen LogP contribution in [-0.4, -0.2) is 30.4 Å². The van der Waals surface area contributed by atoms with E-state index in [4.69, 9.17) is 4.98 Å². The Labute approximate surface area is 175 Å². The van der Waals surface area contributed by atoms with Crippen LogP contribution in [-0.2, 0) is 0 Å². The molecule has 5 aromatic rings. The summed E-state index contributed by atoms with van der Waals surface area (Å²) in [5.41, 5.74) is 3.37. The zero-order valence-electron chi connectivity index (χ0n) is 15.9. The highest BCUT2D eigenvalue weighted by Crippen LogP contribution is 2.30. The number of aromatic amines is 3. The molecule has 0 aliphatic heterocycles. The van der Waals surface area contributed by atoms with Crippen molar-refractivity contribution in [1.82, 2.24) is 30.4 Å². The summed E-state index contributed by atoms with van der Waals surface area (Å²) in [6, 6.07) is 19.3. The molecule has 0 unspecified atom stereocenters. The zero-order chi connectivity index (χ0) is 20.5. The predicted molar refractivity (Wildman–Crippen MR) is 117 cm³/mol. The molecule has 0 aliphatic rings. The van der Waals surface area contributed by atoms with Crippen molar-refractivity contribution >= 4 is 34.3 Å². The van der Waals surface area contributed by atoms with Crippen molar-refractivity contribution < 1.29 is 0 Å². The summed E-state index contributed by atoms with van der Waals surface area (Å²) < 4.78 is 0. The molecule has 0 radical (unpaired) electrons. The van der Waals surface area contributed by atoms with E-state index in [9.17, 15) is 4.79 Å². The molecule has 3 aromatic heterocycles. The number of aromatic nitrogens is 6. The number of benzene rings is 2. The summed E-state index contributed by atoms with van der Waals surface area (Å²) in [4.78, 5) is 22.0. The van der Waals surface area contributed by atoms with Crippen LogP contribution in [0.1, 0.15) is 5.69 Å². The first-order valence-electron chi connectivity index (χ1n) is 9.26. The van der Waals surface area contributed by atoms with E-state index < -0.39 is 0 Å². The topological polar surface area (TPSA) is 115 Å². The van der Waals surface area contributed by atoms with Crippen LogP contribution < -0.4 is 10.9 Å². The molecule has 4 N–H and O–H groups in total. The molecular formula is C21H17N7OS. The number of nitrogens with zero attached hydrogens (tertiary/aromatic N) is 3. The number of aryl methyl sites for hydroxylation is 1. The van der Waals surface area contributed by atoms with Crippen molar-refractivity contribution in [3.63, 3.8) is 0 Å². The number of hydrogen-bond donors (Lipinski definition) is 4. The van der Waals surface area contributed by atoms with Crippen molar-refractivity contribution in [3.8, 4) is 11.3 Å². The van der Waals surface area contributed by atoms with Crippen molar-refractivity contribution in [1.29, 1.82) is 0 Å². The van der Waals surface area contributed by atoms with Gasteiger partial charge in [0.05, 0.1) is 16.6 Å². The Hall–Kier alpha value is -3.85. The zero-order valence-corrected chi connectivity index (χ0v) is 16.7. The Balaban J connectivity index is 1.53. The molecule has 30 heavy (non-hydrogen) atoms. The molecule has 9 heteroatoms. The predicted octanol–water partition coefficient (Wildman–Crippen LogP) is 4.24. The summed E-state index contributed by atoms with van der Waals surface area (Å²) in [6.07, 6.45) is 0. The monoisotopic (exact) mass is 415 g/mol. The summed E-state index contributed by atoms with van der Waals surface area (Å²) in [5.74, 6) is 1.33. The largest absolute Gasteiger partial charge is 0.323 e. The molecule has 0 spiro atoms. The van der Waals surface area contributed by atoms with Gasteiger partial charge in [0.25, 0.3) is 5.56 Å². The highest BCUT2D eigenvalue weighted by molar-refractivity contribution is 7.99. The van der Waals surface area contributed by atoms with E-state index >= 15 is 0 Å². The lowest BCUT2D eigenvalue weighted by atomic mass is 10.1. The number of H-pyrrole nitrogens is 3. The second kappa shape index (κ2) is 7.53. The van der Waals surface area contributed by atoms with Gasteiger partial charge in [-0.15, -0.1) is 0 Å². The van der Waals surface area contributed by atoms with Gasteiger partial charge in [-0.3, -0.25) is 20.1 Å². The van der Waals surface area contributed by atoms with Gasteiger partial charge in [0, 0.05) is 28.3 Å². The van der Waals surface area contributed by atoms with Crippen molar-refractivity contribution in [2.45, 2.75) is 17.0 Å². The van der Waals surface area contributed by atoms with E-state index in [0.29, 0.717) is 22.2 Å². The average Bonchev–Trinajstić information content (AvgIpc) is 3.33. The fourth-order valence-electron chi connectivity index (χ4n) is 3.09. The van der Waals surface area contributed by atoms with Crippen LogP contribution in [0, 0.1) is 6.92 Å². The molecule has 0 amide bonds. The lowest BCUT2D eigenvalue weighted by molar-refractivity contribution is 0.973. The average molecular weight is 415 g/mol. The number of hydrogen-bond acceptors (Lipinski definition) is 6. The van der Waals surface area contributed by atoms with Crippen LogP contribution in [0.15, 0.2) is 75.5 Å². The summed E-state index contributed by atoms with van der Waals surface area (Å²) in [5, 5.41) is 17.1. The highest BCUT2D eigenvalue weighted by Gasteiger charge is 2.11. The fourth-order valence-corrected chi connectivity index (χ4v) is 3.90. The van der Waals surface area contributed by atoms with Crippen LogP contribution >= 0.6 is 11.8 Å². The lowest BCUT2D eigenvalue weighted by Crippen LogP contribution is -1.99. The van der Waals surface area contributed by atoms with E-state index in [0.717, 1.165) is 27.4 Å². The van der Waals surface area contributed by atoms with Gasteiger partial charge in [-0.25, -0.2) is 9.97 Å². The SMILES string of the molecule is Cc1cc(Nc2cc(-c3ccccc3)nc(Sc3ccc4c(=O)[nH][nH]c4c3)n2)n[nH]1. The lowest BCUT2D eigenvalue weighted by Gasteiger charge is -2.09. The third kappa shape index (κ3) is 3.70. The van der Waals surface area contributed by atoms with Gasteiger partial charge in [-0.05, 0) is 36.9 Å². The van der Waals surface area contributed by atoms with Crippen molar-refractivity contribution in [2.75, 3.05) is 5.32 Å². The minimum Gasteiger partial charge on any atom is -0.323 e. The molecule has 2 aromatic carbocycles. The van der Waals surface area contributed by atoms with Crippen LogP contribution in [0.4, 0.5) is 11.6 Å². The van der Waals surface area contributed by atoms with Gasteiger partial charge in [0.1, 0.15) is 5.82 Å². The fraction of sp³-hybridized carbons (Fsp3) is 0.0476. The molecule has 0 saturated heterocycles. The molecular weight excluding hydrogens is 398 g/mol.